The average molecular weight is 615 g/mol. The molecule has 43 heavy (non-hydrogen) atoms. The molecule has 6 rings (SSSR count). The number of imidazole rings is 1. The van der Waals surface area contributed by atoms with Crippen LogP contribution in [0, 0.1) is 6.92 Å². The number of rotatable bonds is 9. The number of methoxy groups -OCH3 is 1. The Balaban J connectivity index is 1.38. The number of hydrogen-bond donors (Lipinski definition) is 1. The number of ether oxygens (including phenoxy) is 1. The van der Waals surface area contributed by atoms with E-state index >= 15 is 0 Å². The van der Waals surface area contributed by atoms with E-state index in [4.69, 9.17) is 21.3 Å². The minimum Gasteiger partial charge on any atom is -0.383 e. The van der Waals surface area contributed by atoms with E-state index in [1.54, 1.807) is 50.4 Å². The summed E-state index contributed by atoms with van der Waals surface area (Å²) in [6.07, 6.45) is 0. The van der Waals surface area contributed by atoms with Crippen LogP contribution < -0.4 is 4.72 Å². The summed E-state index contributed by atoms with van der Waals surface area (Å²) in [5, 5.41) is 2.65. The summed E-state index contributed by atoms with van der Waals surface area (Å²) in [6, 6.07) is 24.9. The molecule has 2 aromatic heterocycles. The third kappa shape index (κ3) is 5.40. The fourth-order valence-electron chi connectivity index (χ4n) is 5.71. The molecule has 0 aliphatic rings. The zero-order valence-electron chi connectivity index (χ0n) is 24.1. The first-order valence-electron chi connectivity index (χ1n) is 14.0. The number of carbonyl (C=O) groups excluding carboxylic acids is 1. The molecule has 6 aromatic rings. The summed E-state index contributed by atoms with van der Waals surface area (Å²) in [4.78, 5) is 18.1. The van der Waals surface area contributed by atoms with Gasteiger partial charge in [0.1, 0.15) is 5.82 Å². The minimum absolute atomic E-state index is 0.191. The summed E-state index contributed by atoms with van der Waals surface area (Å²) in [5.74, 6) is -0.394. The molecule has 0 unspecified atom stereocenters. The second-order valence-electron chi connectivity index (χ2n) is 10.5. The van der Waals surface area contributed by atoms with Gasteiger partial charge in [-0.05, 0) is 73.5 Å². The predicted octanol–water partition coefficient (Wildman–Crippen LogP) is 6.70. The molecule has 0 atom stereocenters. The highest BCUT2D eigenvalue weighted by molar-refractivity contribution is 7.89. The molecule has 0 saturated heterocycles. The fraction of sp³-hybridized carbons (Fsp3) is 0.212. The lowest BCUT2D eigenvalue weighted by atomic mass is 10.1. The molecule has 0 radical (unpaired) electrons. The van der Waals surface area contributed by atoms with E-state index < -0.39 is 21.7 Å². The van der Waals surface area contributed by atoms with Crippen LogP contribution in [0.5, 0.6) is 0 Å². The van der Waals surface area contributed by atoms with Crippen LogP contribution in [-0.4, -0.2) is 42.2 Å². The van der Waals surface area contributed by atoms with Gasteiger partial charge < -0.3 is 13.9 Å². The summed E-state index contributed by atoms with van der Waals surface area (Å²) in [5.41, 5.74) is 6.04. The van der Waals surface area contributed by atoms with E-state index in [0.717, 1.165) is 39.9 Å². The molecule has 0 aliphatic carbocycles. The van der Waals surface area contributed by atoms with E-state index in [2.05, 4.69) is 57.2 Å². The van der Waals surface area contributed by atoms with Gasteiger partial charge in [-0.3, -0.25) is 4.79 Å². The van der Waals surface area contributed by atoms with Crippen molar-refractivity contribution in [2.45, 2.75) is 32.7 Å². The van der Waals surface area contributed by atoms with Gasteiger partial charge >= 0.3 is 0 Å². The van der Waals surface area contributed by atoms with Gasteiger partial charge in [-0.2, -0.15) is 0 Å². The SMILES string of the molecule is CCn1c2ccccc2c2cc(-c3nc4cc(C(=O)NS(=O)(=O)Cc5c(C)cccc5Cl)ccc4n3CCOC)ccc21. The Labute approximate surface area is 254 Å². The third-order valence-corrected chi connectivity index (χ3v) is 9.33. The third-order valence-electron chi connectivity index (χ3n) is 7.81. The maximum atomic E-state index is 13.1. The van der Waals surface area contributed by atoms with Gasteiger partial charge in [0.2, 0.25) is 10.0 Å². The normalized spacial score (nSPS) is 12.0. The zero-order chi connectivity index (χ0) is 30.3. The molecular weight excluding hydrogens is 584 g/mol. The first-order valence-corrected chi connectivity index (χ1v) is 16.0. The summed E-state index contributed by atoms with van der Waals surface area (Å²) >= 11 is 6.23. The largest absolute Gasteiger partial charge is 0.383 e. The molecule has 1 N–H and O–H groups in total. The predicted molar refractivity (Wildman–Crippen MR) is 172 cm³/mol. The quantitative estimate of drug-likeness (QED) is 0.196. The van der Waals surface area contributed by atoms with E-state index in [0.29, 0.717) is 29.3 Å². The maximum Gasteiger partial charge on any atom is 0.264 e. The average Bonchev–Trinajstić information content (AvgIpc) is 3.52. The van der Waals surface area contributed by atoms with Crippen molar-refractivity contribution < 1.29 is 17.9 Å². The number of fused-ring (bicyclic) bond motifs is 4. The highest BCUT2D eigenvalue weighted by Crippen LogP contribution is 2.34. The summed E-state index contributed by atoms with van der Waals surface area (Å²) < 4.78 is 37.8. The van der Waals surface area contributed by atoms with Crippen molar-refractivity contribution in [2.75, 3.05) is 13.7 Å². The Morgan fingerprint density at radius 1 is 0.930 bits per heavy atom. The number of benzene rings is 4. The van der Waals surface area contributed by atoms with Crippen LogP contribution in [-0.2, 0) is 33.6 Å². The lowest BCUT2D eigenvalue weighted by Gasteiger charge is -2.11. The smallest absolute Gasteiger partial charge is 0.264 e. The van der Waals surface area contributed by atoms with Gasteiger partial charge in [0.25, 0.3) is 5.91 Å². The lowest BCUT2D eigenvalue weighted by molar-refractivity contribution is 0.0981. The van der Waals surface area contributed by atoms with Gasteiger partial charge in [-0.15, -0.1) is 0 Å². The van der Waals surface area contributed by atoms with Crippen LogP contribution in [0.15, 0.2) is 78.9 Å². The van der Waals surface area contributed by atoms with Crippen LogP contribution >= 0.6 is 11.6 Å². The standard InChI is InChI=1S/C33H31ClN4O4S/c1-4-37-29-11-6-5-9-24(29)25-18-22(12-14-30(25)37)32-35-28-19-23(13-15-31(28)38(32)16-17-42-3)33(39)36-43(40,41)20-26-21(2)8-7-10-27(26)34/h5-15,18-19H,4,16-17,20H2,1-3H3,(H,36,39). The second-order valence-corrected chi connectivity index (χ2v) is 12.6. The van der Waals surface area contributed by atoms with Crippen molar-refractivity contribution in [1.82, 2.24) is 18.8 Å². The Bertz CT molecular complexity index is 2110. The minimum atomic E-state index is -4.01. The molecule has 1 amide bonds. The zero-order valence-corrected chi connectivity index (χ0v) is 25.7. The fourth-order valence-corrected chi connectivity index (χ4v) is 7.31. The van der Waals surface area contributed by atoms with Crippen LogP contribution in [0.4, 0.5) is 0 Å². The van der Waals surface area contributed by atoms with E-state index in [-0.39, 0.29) is 5.56 Å². The van der Waals surface area contributed by atoms with Crippen molar-refractivity contribution in [3.8, 4) is 11.4 Å². The van der Waals surface area contributed by atoms with Gasteiger partial charge in [-0.1, -0.05) is 41.9 Å². The summed E-state index contributed by atoms with van der Waals surface area (Å²) in [6.45, 7) is 5.80. The topological polar surface area (TPSA) is 95.2 Å². The number of hydrogen-bond acceptors (Lipinski definition) is 5. The van der Waals surface area contributed by atoms with E-state index in [1.165, 1.54) is 10.9 Å². The number of halogens is 1. The van der Waals surface area contributed by atoms with Gasteiger partial charge in [0.05, 0.1) is 23.4 Å². The maximum absolute atomic E-state index is 13.1. The second kappa shape index (κ2) is 11.5. The van der Waals surface area contributed by atoms with Crippen molar-refractivity contribution in [1.29, 1.82) is 0 Å². The molecule has 2 heterocycles. The molecular formula is C33H31ClN4O4S. The van der Waals surface area contributed by atoms with Crippen LogP contribution in [0.3, 0.4) is 0 Å². The number of amides is 1. The van der Waals surface area contributed by atoms with Crippen LogP contribution in [0.2, 0.25) is 5.02 Å². The van der Waals surface area contributed by atoms with E-state index in [1.807, 2.05) is 6.07 Å². The molecule has 220 valence electrons. The molecule has 0 saturated carbocycles. The Kier molecular flexibility index (Phi) is 7.72. The number of aromatic nitrogens is 3. The highest BCUT2D eigenvalue weighted by atomic mass is 35.5. The van der Waals surface area contributed by atoms with Crippen LogP contribution in [0.1, 0.15) is 28.4 Å². The molecule has 10 heteroatoms. The van der Waals surface area contributed by atoms with Crippen molar-refractivity contribution in [3.63, 3.8) is 0 Å². The Morgan fingerprint density at radius 3 is 2.47 bits per heavy atom. The van der Waals surface area contributed by atoms with Crippen molar-refractivity contribution in [2.24, 2.45) is 0 Å². The number of nitrogens with zero attached hydrogens (tertiary/aromatic N) is 3. The molecule has 0 aliphatic heterocycles. The Hall–Kier alpha value is -4.18. The number of carbonyl (C=O) groups is 1. The number of para-hydroxylation sites is 1. The number of nitrogens with one attached hydrogen (secondary N) is 1. The van der Waals surface area contributed by atoms with Gasteiger partial charge in [0, 0.05) is 58.2 Å². The molecule has 0 spiro atoms. The first kappa shape index (κ1) is 28.9. The van der Waals surface area contributed by atoms with Crippen molar-refractivity contribution in [3.05, 3.63) is 101 Å². The number of sulfonamides is 1. The molecule has 4 aromatic carbocycles. The molecule has 0 fully saturated rings. The molecule has 8 nitrogen and oxygen atoms in total. The monoisotopic (exact) mass is 614 g/mol. The van der Waals surface area contributed by atoms with Gasteiger partial charge in [0.15, 0.2) is 0 Å². The highest BCUT2D eigenvalue weighted by Gasteiger charge is 2.21. The van der Waals surface area contributed by atoms with E-state index in [9.17, 15) is 13.2 Å². The summed E-state index contributed by atoms with van der Waals surface area (Å²) in [7, 11) is -2.36. The first-order chi connectivity index (χ1) is 20.7. The number of aryl methyl sites for hydroxylation is 2. The van der Waals surface area contributed by atoms with Crippen molar-refractivity contribution >= 4 is 60.4 Å². The molecule has 0 bridgehead atoms. The van der Waals surface area contributed by atoms with Crippen LogP contribution in [0.25, 0.3) is 44.2 Å². The lowest BCUT2D eigenvalue weighted by Crippen LogP contribution is -2.31. The Morgan fingerprint density at radius 2 is 1.70 bits per heavy atom. The van der Waals surface area contributed by atoms with Gasteiger partial charge in [-0.25, -0.2) is 18.1 Å².